The van der Waals surface area contributed by atoms with Crippen molar-refractivity contribution in [3.8, 4) is 5.75 Å². The normalized spacial score (nSPS) is 16.7. The lowest BCUT2D eigenvalue weighted by Gasteiger charge is -2.32. The zero-order valence-corrected chi connectivity index (χ0v) is 28.0. The van der Waals surface area contributed by atoms with Crippen LogP contribution in [-0.4, -0.2) is 98.6 Å². The highest BCUT2D eigenvalue weighted by atomic mass is 32.2. The summed E-state index contributed by atoms with van der Waals surface area (Å²) in [4.78, 5) is 58.7. The molecule has 2 unspecified atom stereocenters. The van der Waals surface area contributed by atoms with Crippen LogP contribution in [0.1, 0.15) is 26.3 Å². The summed E-state index contributed by atoms with van der Waals surface area (Å²) >= 11 is 2.78. The zero-order valence-electron chi connectivity index (χ0n) is 26.4. The molecule has 13 heteroatoms. The Morgan fingerprint density at radius 2 is 1.85 bits per heavy atom. The van der Waals surface area contributed by atoms with Gasteiger partial charge >= 0.3 is 0 Å². The molecule has 4 amide bonds. The van der Waals surface area contributed by atoms with Gasteiger partial charge in [-0.25, -0.2) is 0 Å². The second-order valence-electron chi connectivity index (χ2n) is 12.0. The molecule has 1 aliphatic rings. The van der Waals surface area contributed by atoms with E-state index in [4.69, 9.17) is 4.74 Å². The molecule has 0 radical (unpaired) electrons. The van der Waals surface area contributed by atoms with E-state index in [-0.39, 0.29) is 30.6 Å². The summed E-state index contributed by atoms with van der Waals surface area (Å²) in [5.41, 5.74) is 0.303. The summed E-state index contributed by atoms with van der Waals surface area (Å²) in [5.74, 6) is -0.602. The first-order chi connectivity index (χ1) is 22.0. The fourth-order valence-electron chi connectivity index (χ4n) is 5.01. The van der Waals surface area contributed by atoms with Crippen molar-refractivity contribution in [2.24, 2.45) is 0 Å². The molecule has 1 saturated heterocycles. The molecule has 4 N–H and O–H groups in total. The molecule has 4 rings (SSSR count). The number of amides is 4. The van der Waals surface area contributed by atoms with Gasteiger partial charge in [-0.15, -0.1) is 11.8 Å². The highest BCUT2D eigenvalue weighted by Gasteiger charge is 2.41. The van der Waals surface area contributed by atoms with E-state index in [9.17, 15) is 24.3 Å². The molecule has 2 aromatic carbocycles. The molecule has 4 atom stereocenters. The minimum absolute atomic E-state index is 0.151. The summed E-state index contributed by atoms with van der Waals surface area (Å²) in [6.07, 6.45) is 3.67. The number of aliphatic hydroxyl groups excluding tert-OH is 1. The predicted octanol–water partition coefficient (Wildman–Crippen LogP) is 2.37. The number of rotatable bonds is 13. The molecular weight excluding hydrogens is 627 g/mol. The van der Waals surface area contributed by atoms with Crippen molar-refractivity contribution in [2.45, 2.75) is 57.0 Å². The quantitative estimate of drug-likeness (QED) is 0.216. The monoisotopic (exact) mass is 667 g/mol. The summed E-state index contributed by atoms with van der Waals surface area (Å²) in [6, 6.07) is 13.7. The molecule has 0 bridgehead atoms. The minimum Gasteiger partial charge on any atom is -0.483 e. The number of nitrogens with one attached hydrogen (secondary N) is 3. The highest BCUT2D eigenvalue weighted by Crippen LogP contribution is 2.25. The number of fused-ring (bicyclic) bond motifs is 1. The predicted molar refractivity (Wildman–Crippen MR) is 181 cm³/mol. The Balaban J connectivity index is 1.46. The number of benzene rings is 2. The molecule has 46 heavy (non-hydrogen) atoms. The van der Waals surface area contributed by atoms with E-state index in [1.54, 1.807) is 36.8 Å². The molecule has 0 aliphatic carbocycles. The van der Waals surface area contributed by atoms with Crippen LogP contribution in [0.3, 0.4) is 0 Å². The lowest BCUT2D eigenvalue weighted by atomic mass is 9.99. The van der Waals surface area contributed by atoms with Gasteiger partial charge in [-0.1, -0.05) is 42.5 Å². The average molecular weight is 668 g/mol. The molecule has 246 valence electrons. The number of hydrogen-bond acceptors (Lipinski definition) is 9. The third kappa shape index (κ3) is 9.60. The molecule has 11 nitrogen and oxygen atoms in total. The SMILES string of the molecule is CSCC(NC(=O)COc1cccc2cnccc12)C(=O)N[C@@H](Cc1ccccc1)[C@H](O)C(=O)N1CSCC1C(=O)NC(C)(C)C. The third-order valence-corrected chi connectivity index (χ3v) is 8.89. The first-order valence-electron chi connectivity index (χ1n) is 14.9. The van der Waals surface area contributed by atoms with Gasteiger partial charge in [-0.2, -0.15) is 11.8 Å². The zero-order chi connectivity index (χ0) is 33.3. The maximum absolute atomic E-state index is 13.7. The van der Waals surface area contributed by atoms with Crippen LogP contribution in [0.4, 0.5) is 0 Å². The Hall–Kier alpha value is -3.81. The van der Waals surface area contributed by atoms with Crippen LogP contribution in [0.2, 0.25) is 0 Å². The van der Waals surface area contributed by atoms with Gasteiger partial charge in [0.15, 0.2) is 12.7 Å². The number of carbonyl (C=O) groups excluding carboxylic acids is 4. The summed E-state index contributed by atoms with van der Waals surface area (Å²) in [7, 11) is 0. The second-order valence-corrected chi connectivity index (χ2v) is 13.9. The van der Waals surface area contributed by atoms with E-state index in [0.717, 1.165) is 16.3 Å². The number of aromatic nitrogens is 1. The van der Waals surface area contributed by atoms with Gasteiger partial charge in [0.2, 0.25) is 11.8 Å². The Morgan fingerprint density at radius 3 is 2.57 bits per heavy atom. The maximum Gasteiger partial charge on any atom is 0.258 e. The van der Waals surface area contributed by atoms with Crippen molar-refractivity contribution in [3.63, 3.8) is 0 Å². The first kappa shape index (κ1) is 35.1. The number of carbonyl (C=O) groups is 4. The third-order valence-electron chi connectivity index (χ3n) is 7.21. The summed E-state index contributed by atoms with van der Waals surface area (Å²) < 4.78 is 5.78. The molecule has 1 aliphatic heterocycles. The van der Waals surface area contributed by atoms with Crippen LogP contribution < -0.4 is 20.7 Å². The molecule has 0 spiro atoms. The smallest absolute Gasteiger partial charge is 0.258 e. The molecule has 3 aromatic rings. The van der Waals surface area contributed by atoms with Crippen LogP contribution in [0.15, 0.2) is 67.0 Å². The highest BCUT2D eigenvalue weighted by molar-refractivity contribution is 7.99. The van der Waals surface area contributed by atoms with E-state index >= 15 is 0 Å². The van der Waals surface area contributed by atoms with Gasteiger partial charge < -0.3 is 30.7 Å². The molecule has 1 aromatic heterocycles. The average Bonchev–Trinajstić information content (AvgIpc) is 3.53. The molecular formula is C33H41N5O6S2. The van der Waals surface area contributed by atoms with E-state index in [2.05, 4.69) is 20.9 Å². The van der Waals surface area contributed by atoms with E-state index in [1.165, 1.54) is 28.4 Å². The van der Waals surface area contributed by atoms with E-state index in [0.29, 0.717) is 11.5 Å². The summed E-state index contributed by atoms with van der Waals surface area (Å²) in [5, 5.41) is 21.5. The van der Waals surface area contributed by atoms with Crippen molar-refractivity contribution >= 4 is 57.9 Å². The van der Waals surface area contributed by atoms with Crippen LogP contribution in [-0.2, 0) is 25.6 Å². The molecule has 0 saturated carbocycles. The standard InChI is InChI=1S/C33H41N5O6S2/c1-33(2,3)37-31(42)26-19-46-20-38(26)32(43)29(40)24(15-21-9-6-5-7-10-21)36-30(41)25(18-45-4)35-28(39)17-44-27-12-8-11-22-16-34-14-13-23(22)27/h5-14,16,24-26,29,40H,15,17-20H2,1-4H3,(H,35,39)(H,36,41)(H,37,42)/t24-,25?,26?,29-/m0/s1. The van der Waals surface area contributed by atoms with Gasteiger partial charge in [-0.3, -0.25) is 24.2 Å². The Kier molecular flexibility index (Phi) is 12.3. The maximum atomic E-state index is 13.7. The van der Waals surface area contributed by atoms with Gasteiger partial charge in [0.25, 0.3) is 11.8 Å². The van der Waals surface area contributed by atoms with Crippen LogP contribution in [0.25, 0.3) is 10.8 Å². The summed E-state index contributed by atoms with van der Waals surface area (Å²) in [6.45, 7) is 5.25. The fourth-order valence-corrected chi connectivity index (χ4v) is 6.74. The number of ether oxygens (including phenoxy) is 1. The topological polar surface area (TPSA) is 150 Å². The largest absolute Gasteiger partial charge is 0.483 e. The van der Waals surface area contributed by atoms with Crippen molar-refractivity contribution in [1.82, 2.24) is 25.8 Å². The number of thioether (sulfide) groups is 2. The second kappa shape index (κ2) is 16.1. The van der Waals surface area contributed by atoms with Gasteiger partial charge in [0.05, 0.1) is 11.9 Å². The van der Waals surface area contributed by atoms with Crippen molar-refractivity contribution in [1.29, 1.82) is 0 Å². The number of pyridine rings is 1. The minimum atomic E-state index is -1.64. The van der Waals surface area contributed by atoms with E-state index < -0.39 is 47.5 Å². The lowest BCUT2D eigenvalue weighted by Crippen LogP contribution is -2.59. The van der Waals surface area contributed by atoms with Crippen LogP contribution in [0.5, 0.6) is 5.75 Å². The van der Waals surface area contributed by atoms with Gasteiger partial charge in [0.1, 0.15) is 17.8 Å². The number of hydrogen-bond donors (Lipinski definition) is 4. The van der Waals surface area contributed by atoms with Gasteiger partial charge in [-0.05, 0) is 51.1 Å². The van der Waals surface area contributed by atoms with Crippen molar-refractivity contribution < 1.29 is 29.0 Å². The van der Waals surface area contributed by atoms with Crippen LogP contribution >= 0.6 is 23.5 Å². The first-order valence-corrected chi connectivity index (χ1v) is 17.5. The van der Waals surface area contributed by atoms with Crippen LogP contribution in [0, 0.1) is 0 Å². The fraction of sp³-hybridized carbons (Fsp3) is 0.424. The Bertz CT molecular complexity index is 1510. The number of nitrogens with zero attached hydrogens (tertiary/aromatic N) is 2. The van der Waals surface area contributed by atoms with Crippen molar-refractivity contribution in [3.05, 3.63) is 72.6 Å². The lowest BCUT2D eigenvalue weighted by molar-refractivity contribution is -0.147. The molecule has 2 heterocycles. The molecule has 1 fully saturated rings. The number of aliphatic hydroxyl groups is 1. The Labute approximate surface area is 277 Å². The van der Waals surface area contributed by atoms with Gasteiger partial charge in [0, 0.05) is 40.2 Å². The van der Waals surface area contributed by atoms with E-state index in [1.807, 2.05) is 57.2 Å². The van der Waals surface area contributed by atoms with Crippen molar-refractivity contribution in [2.75, 3.05) is 30.2 Å². The Morgan fingerprint density at radius 1 is 1.09 bits per heavy atom.